The molecule has 1 atom stereocenters. The van der Waals surface area contributed by atoms with E-state index >= 15 is 0 Å². The molecular weight excluding hydrogens is 270 g/mol. The monoisotopic (exact) mass is 289 g/mol. The van der Waals surface area contributed by atoms with Crippen LogP contribution < -0.4 is 10.6 Å². The molecule has 1 fully saturated rings. The van der Waals surface area contributed by atoms with E-state index < -0.39 is 0 Å². The van der Waals surface area contributed by atoms with Gasteiger partial charge in [0, 0.05) is 17.8 Å². The Morgan fingerprint density at radius 3 is 2.81 bits per heavy atom. The van der Waals surface area contributed by atoms with Gasteiger partial charge in [-0.3, -0.25) is 14.9 Å². The Balaban J connectivity index is 1.96. The van der Waals surface area contributed by atoms with Crippen LogP contribution in [0.15, 0.2) is 12.1 Å². The lowest BCUT2D eigenvalue weighted by atomic mass is 9.87. The third-order valence-corrected chi connectivity index (χ3v) is 4.63. The van der Waals surface area contributed by atoms with Gasteiger partial charge in [0.05, 0.1) is 11.3 Å². The van der Waals surface area contributed by atoms with Gasteiger partial charge in [0.25, 0.3) is 5.69 Å². The molecule has 0 saturated heterocycles. The van der Waals surface area contributed by atoms with E-state index in [2.05, 4.69) is 24.5 Å². The molecule has 2 aliphatic rings. The average molecular weight is 289 g/mol. The molecule has 1 aromatic rings. The molecule has 0 bridgehead atoms. The van der Waals surface area contributed by atoms with Crippen molar-refractivity contribution >= 4 is 23.0 Å². The van der Waals surface area contributed by atoms with Crippen LogP contribution in [-0.2, 0) is 11.2 Å². The van der Waals surface area contributed by atoms with E-state index in [1.54, 1.807) is 6.07 Å². The lowest BCUT2D eigenvalue weighted by Crippen LogP contribution is -2.31. The molecule has 6 heteroatoms. The maximum atomic E-state index is 11.4. The molecule has 3 rings (SSSR count). The van der Waals surface area contributed by atoms with Crippen molar-refractivity contribution in [3.8, 4) is 0 Å². The van der Waals surface area contributed by atoms with Gasteiger partial charge in [-0.25, -0.2) is 0 Å². The van der Waals surface area contributed by atoms with Gasteiger partial charge in [0.1, 0.15) is 5.69 Å². The number of amides is 1. The van der Waals surface area contributed by atoms with Gasteiger partial charge < -0.3 is 10.6 Å². The van der Waals surface area contributed by atoms with Gasteiger partial charge in [-0.1, -0.05) is 20.3 Å². The minimum absolute atomic E-state index is 0.0490. The molecular formula is C15H19N3O3. The van der Waals surface area contributed by atoms with Crippen molar-refractivity contribution in [2.45, 2.75) is 45.6 Å². The molecule has 1 aliphatic carbocycles. The number of nitro groups is 1. The van der Waals surface area contributed by atoms with Crippen molar-refractivity contribution in [3.05, 3.63) is 27.8 Å². The van der Waals surface area contributed by atoms with E-state index in [1.807, 2.05) is 0 Å². The molecule has 1 amide bonds. The van der Waals surface area contributed by atoms with Crippen molar-refractivity contribution in [1.82, 2.24) is 0 Å². The molecule has 0 radical (unpaired) electrons. The maximum Gasteiger partial charge on any atom is 0.292 e. The lowest BCUT2D eigenvalue weighted by Gasteiger charge is -2.28. The summed E-state index contributed by atoms with van der Waals surface area (Å²) in [6.07, 6.45) is 3.46. The summed E-state index contributed by atoms with van der Waals surface area (Å²) in [4.78, 5) is 22.4. The molecule has 21 heavy (non-hydrogen) atoms. The predicted octanol–water partition coefficient (Wildman–Crippen LogP) is 3.08. The number of nitrogens with zero attached hydrogens (tertiary/aromatic N) is 1. The SMILES string of the molecule is CC1(C)CCCC1Nc1cc2c(cc1[N+](=O)[O-])CC(=O)N2. The van der Waals surface area contributed by atoms with Crippen LogP contribution >= 0.6 is 0 Å². The minimum atomic E-state index is -0.382. The van der Waals surface area contributed by atoms with Gasteiger partial charge in [0.2, 0.25) is 5.91 Å². The summed E-state index contributed by atoms with van der Waals surface area (Å²) < 4.78 is 0. The van der Waals surface area contributed by atoms with Crippen LogP contribution in [0.4, 0.5) is 17.1 Å². The Kier molecular flexibility index (Phi) is 3.11. The topological polar surface area (TPSA) is 84.3 Å². The van der Waals surface area contributed by atoms with E-state index in [0.29, 0.717) is 16.9 Å². The number of carbonyl (C=O) groups excluding carboxylic acids is 1. The Hall–Kier alpha value is -2.11. The number of nitrogens with one attached hydrogen (secondary N) is 2. The first kappa shape index (κ1) is 13.9. The molecule has 6 nitrogen and oxygen atoms in total. The minimum Gasteiger partial charge on any atom is -0.376 e. The summed E-state index contributed by atoms with van der Waals surface area (Å²) in [7, 11) is 0. The van der Waals surface area contributed by atoms with Crippen molar-refractivity contribution in [2.75, 3.05) is 10.6 Å². The van der Waals surface area contributed by atoms with Crippen LogP contribution in [0.1, 0.15) is 38.7 Å². The summed E-state index contributed by atoms with van der Waals surface area (Å²) in [5.41, 5.74) is 2.05. The number of rotatable bonds is 3. The number of hydrogen-bond acceptors (Lipinski definition) is 4. The van der Waals surface area contributed by atoms with Gasteiger partial charge in [0.15, 0.2) is 0 Å². The van der Waals surface area contributed by atoms with Crippen LogP contribution in [0.25, 0.3) is 0 Å². The lowest BCUT2D eigenvalue weighted by molar-refractivity contribution is -0.384. The third kappa shape index (κ3) is 2.46. The highest BCUT2D eigenvalue weighted by molar-refractivity contribution is 6.00. The first-order chi connectivity index (χ1) is 9.87. The largest absolute Gasteiger partial charge is 0.376 e. The standard InChI is InChI=1S/C15H19N3O3/c1-15(2)5-3-4-13(15)16-11-8-10-9(7-14(19)17-10)6-12(11)18(20)21/h6,8,13,16H,3-5,7H2,1-2H3,(H,17,19). The van der Waals surface area contributed by atoms with E-state index in [1.165, 1.54) is 6.07 Å². The second-order valence-electron chi connectivity index (χ2n) is 6.59. The molecule has 1 saturated carbocycles. The first-order valence-electron chi connectivity index (χ1n) is 7.24. The highest BCUT2D eigenvalue weighted by Crippen LogP contribution is 2.42. The van der Waals surface area contributed by atoms with Gasteiger partial charge in [-0.2, -0.15) is 0 Å². The van der Waals surface area contributed by atoms with Gasteiger partial charge in [-0.15, -0.1) is 0 Å². The Morgan fingerprint density at radius 1 is 1.43 bits per heavy atom. The van der Waals surface area contributed by atoms with Crippen molar-refractivity contribution in [1.29, 1.82) is 0 Å². The predicted molar refractivity (Wildman–Crippen MR) is 80.5 cm³/mol. The van der Waals surface area contributed by atoms with E-state index in [-0.39, 0.29) is 34.4 Å². The molecule has 0 aromatic heterocycles. The summed E-state index contributed by atoms with van der Waals surface area (Å²) >= 11 is 0. The molecule has 112 valence electrons. The Labute approximate surface area is 123 Å². The number of nitro benzene ring substituents is 1. The zero-order chi connectivity index (χ0) is 15.2. The maximum absolute atomic E-state index is 11.4. The second-order valence-corrected chi connectivity index (χ2v) is 6.59. The number of benzene rings is 1. The highest BCUT2D eigenvalue weighted by atomic mass is 16.6. The average Bonchev–Trinajstić information content (AvgIpc) is 2.90. The number of fused-ring (bicyclic) bond motifs is 1. The zero-order valence-electron chi connectivity index (χ0n) is 12.2. The first-order valence-corrected chi connectivity index (χ1v) is 7.24. The van der Waals surface area contributed by atoms with E-state index in [0.717, 1.165) is 19.3 Å². The van der Waals surface area contributed by atoms with E-state index in [4.69, 9.17) is 0 Å². The molecule has 2 N–H and O–H groups in total. The smallest absolute Gasteiger partial charge is 0.292 e. The normalized spacial score (nSPS) is 22.8. The molecule has 1 aliphatic heterocycles. The highest BCUT2D eigenvalue weighted by Gasteiger charge is 2.36. The van der Waals surface area contributed by atoms with Crippen LogP contribution in [-0.4, -0.2) is 16.9 Å². The van der Waals surface area contributed by atoms with Crippen LogP contribution in [0.5, 0.6) is 0 Å². The van der Waals surface area contributed by atoms with E-state index in [9.17, 15) is 14.9 Å². The Morgan fingerprint density at radius 2 is 2.19 bits per heavy atom. The van der Waals surface area contributed by atoms with Crippen molar-refractivity contribution in [2.24, 2.45) is 5.41 Å². The van der Waals surface area contributed by atoms with Crippen molar-refractivity contribution in [3.63, 3.8) is 0 Å². The number of hydrogen-bond donors (Lipinski definition) is 2. The molecule has 1 unspecified atom stereocenters. The van der Waals surface area contributed by atoms with Crippen LogP contribution in [0, 0.1) is 15.5 Å². The zero-order valence-corrected chi connectivity index (χ0v) is 12.2. The molecule has 0 spiro atoms. The third-order valence-electron chi connectivity index (χ3n) is 4.63. The number of carbonyl (C=O) groups is 1. The summed E-state index contributed by atoms with van der Waals surface area (Å²) in [5.74, 6) is -0.113. The molecule has 1 heterocycles. The van der Waals surface area contributed by atoms with Gasteiger partial charge >= 0.3 is 0 Å². The fraction of sp³-hybridized carbons (Fsp3) is 0.533. The summed E-state index contributed by atoms with van der Waals surface area (Å²) in [6.45, 7) is 4.36. The molecule has 1 aromatic carbocycles. The van der Waals surface area contributed by atoms with Gasteiger partial charge in [-0.05, 0) is 29.9 Å². The quantitative estimate of drug-likeness (QED) is 0.661. The second kappa shape index (κ2) is 4.72. The van der Waals surface area contributed by atoms with Crippen molar-refractivity contribution < 1.29 is 9.72 Å². The Bertz CT molecular complexity index is 625. The summed E-state index contributed by atoms with van der Waals surface area (Å²) in [6, 6.07) is 3.43. The summed E-state index contributed by atoms with van der Waals surface area (Å²) in [5, 5.41) is 17.4. The number of anilines is 2. The van der Waals surface area contributed by atoms with Crippen LogP contribution in [0.2, 0.25) is 0 Å². The van der Waals surface area contributed by atoms with Crippen LogP contribution in [0.3, 0.4) is 0 Å². The fourth-order valence-electron chi connectivity index (χ4n) is 3.31. The fourth-order valence-corrected chi connectivity index (χ4v) is 3.31.